The Hall–Kier alpha value is -2.03. The first-order valence-corrected chi connectivity index (χ1v) is 11.3. The van der Waals surface area contributed by atoms with Crippen LogP contribution in [0.5, 0.6) is 0 Å². The zero-order valence-electron chi connectivity index (χ0n) is 14.6. The molecule has 0 spiro atoms. The number of alkyl carbamates (subject to hydrolysis) is 1. The van der Waals surface area contributed by atoms with E-state index in [9.17, 15) is 22.8 Å². The molecule has 0 aromatic heterocycles. The molecule has 0 bridgehead atoms. The Labute approximate surface area is 145 Å². The fraction of sp³-hybridized carbons (Fsp3) is 0.500. The molecule has 0 saturated heterocycles. The van der Waals surface area contributed by atoms with Crippen molar-refractivity contribution >= 4 is 20.1 Å². The van der Waals surface area contributed by atoms with Gasteiger partial charge in [0, 0.05) is 8.07 Å². The number of rotatable bonds is 6. The summed E-state index contributed by atoms with van der Waals surface area (Å²) in [7, 11) is -0.707. The number of alkyl halides is 3. The van der Waals surface area contributed by atoms with Gasteiger partial charge in [-0.1, -0.05) is 50.0 Å². The molecule has 0 fully saturated rings. The Balaban J connectivity index is 3.15. The van der Waals surface area contributed by atoms with Gasteiger partial charge in [-0.05, 0) is 11.6 Å². The zero-order valence-corrected chi connectivity index (χ0v) is 15.6. The van der Waals surface area contributed by atoms with Gasteiger partial charge >= 0.3 is 18.2 Å². The fourth-order valence-electron chi connectivity index (χ4n) is 2.07. The number of halogens is 3. The molecule has 1 aromatic rings. The maximum atomic E-state index is 13.8. The summed E-state index contributed by atoms with van der Waals surface area (Å²) in [6.07, 6.45) is -6.45. The highest BCUT2D eigenvalue weighted by Gasteiger charge is 2.64. The first-order chi connectivity index (χ1) is 11.4. The number of nitrogens with one attached hydrogen (secondary N) is 1. The van der Waals surface area contributed by atoms with E-state index in [-0.39, 0.29) is 6.61 Å². The topological polar surface area (TPSA) is 64.6 Å². The summed E-state index contributed by atoms with van der Waals surface area (Å²) in [5, 5.41) is 1.68. The SMILES string of the molecule is COC(=O)C(NC(=O)OCC[Si](C)(C)C)(c1ccccc1)C(F)(F)F. The number of methoxy groups -OCH3 is 1. The third kappa shape index (κ3) is 5.22. The van der Waals surface area contributed by atoms with Crippen LogP contribution in [0.1, 0.15) is 5.56 Å². The van der Waals surface area contributed by atoms with Gasteiger partial charge in [0.1, 0.15) is 0 Å². The van der Waals surface area contributed by atoms with Crippen molar-refractivity contribution in [3.05, 3.63) is 35.9 Å². The summed E-state index contributed by atoms with van der Waals surface area (Å²) in [6.45, 7) is 6.08. The van der Waals surface area contributed by atoms with Gasteiger partial charge in [-0.15, -0.1) is 0 Å². The number of esters is 1. The Morgan fingerprint density at radius 2 is 1.68 bits per heavy atom. The molecule has 0 heterocycles. The van der Waals surface area contributed by atoms with E-state index < -0.39 is 37.4 Å². The van der Waals surface area contributed by atoms with Crippen molar-refractivity contribution in [1.82, 2.24) is 5.32 Å². The largest absolute Gasteiger partial charge is 0.467 e. The van der Waals surface area contributed by atoms with E-state index in [2.05, 4.69) is 4.74 Å². The Kier molecular flexibility index (Phi) is 6.64. The van der Waals surface area contributed by atoms with Crippen molar-refractivity contribution in [3.8, 4) is 0 Å². The van der Waals surface area contributed by atoms with Crippen molar-refractivity contribution in [2.24, 2.45) is 0 Å². The predicted octanol–water partition coefficient (Wildman–Crippen LogP) is 3.68. The second-order valence-electron chi connectivity index (χ2n) is 6.68. The number of ether oxygens (including phenoxy) is 2. The van der Waals surface area contributed by atoms with Crippen LogP contribution in [0.15, 0.2) is 30.3 Å². The molecule has 0 radical (unpaired) electrons. The molecule has 5 nitrogen and oxygen atoms in total. The third-order valence-corrected chi connectivity index (χ3v) is 5.20. The molecular formula is C16H22F3NO4Si. The number of benzene rings is 1. The molecular weight excluding hydrogens is 355 g/mol. The molecule has 1 N–H and O–H groups in total. The third-order valence-electron chi connectivity index (χ3n) is 3.50. The van der Waals surface area contributed by atoms with E-state index in [0.29, 0.717) is 6.04 Å². The first-order valence-electron chi connectivity index (χ1n) is 7.59. The molecule has 9 heteroatoms. The summed E-state index contributed by atoms with van der Waals surface area (Å²) >= 11 is 0. The Bertz CT molecular complexity index is 602. The van der Waals surface area contributed by atoms with Crippen LogP contribution < -0.4 is 5.32 Å². The lowest BCUT2D eigenvalue weighted by Gasteiger charge is -2.33. The minimum atomic E-state index is -5.13. The standard InChI is InChI=1S/C16H22F3NO4Si/c1-23-13(21)15(16(17,18)19,12-8-6-5-7-9-12)20-14(22)24-10-11-25(2,3)4/h5-9H,10-11H2,1-4H3,(H,20,22). The normalized spacial score (nSPS) is 14.4. The lowest BCUT2D eigenvalue weighted by atomic mass is 9.89. The van der Waals surface area contributed by atoms with E-state index in [0.717, 1.165) is 19.2 Å². The summed E-state index contributed by atoms with van der Waals surface area (Å²) in [5.41, 5.74) is -3.80. The van der Waals surface area contributed by atoms with Gasteiger partial charge in [-0.25, -0.2) is 9.59 Å². The summed E-state index contributed by atoms with van der Waals surface area (Å²) in [6, 6.07) is 6.92. The minimum Gasteiger partial charge on any atom is -0.467 e. The first kappa shape index (κ1) is 21.0. The van der Waals surface area contributed by atoms with Crippen molar-refractivity contribution in [1.29, 1.82) is 0 Å². The maximum Gasteiger partial charge on any atom is 0.426 e. The van der Waals surface area contributed by atoms with E-state index in [1.165, 1.54) is 18.2 Å². The van der Waals surface area contributed by atoms with Gasteiger partial charge in [-0.2, -0.15) is 13.2 Å². The number of hydrogen-bond donors (Lipinski definition) is 1. The maximum absolute atomic E-state index is 13.8. The van der Waals surface area contributed by atoms with Gasteiger partial charge in [0.25, 0.3) is 5.54 Å². The van der Waals surface area contributed by atoms with Crippen LogP contribution in [0.3, 0.4) is 0 Å². The zero-order chi connectivity index (χ0) is 19.3. The number of carbonyl (C=O) groups excluding carboxylic acids is 2. The Morgan fingerprint density at radius 3 is 2.12 bits per heavy atom. The molecule has 1 unspecified atom stereocenters. The van der Waals surface area contributed by atoms with Crippen molar-refractivity contribution in [3.63, 3.8) is 0 Å². The quantitative estimate of drug-likeness (QED) is 0.607. The fourth-order valence-corrected chi connectivity index (χ4v) is 2.79. The monoisotopic (exact) mass is 377 g/mol. The lowest BCUT2D eigenvalue weighted by Crippen LogP contribution is -2.61. The van der Waals surface area contributed by atoms with Crippen LogP contribution in [-0.4, -0.2) is 40.0 Å². The summed E-state index contributed by atoms with van der Waals surface area (Å²) in [5.74, 6) is -1.65. The molecule has 140 valence electrons. The molecule has 1 amide bonds. The van der Waals surface area contributed by atoms with E-state index in [1.54, 1.807) is 5.32 Å². The molecule has 25 heavy (non-hydrogen) atoms. The number of amides is 1. The van der Waals surface area contributed by atoms with Crippen LogP contribution in [-0.2, 0) is 19.8 Å². The molecule has 0 aliphatic carbocycles. The van der Waals surface area contributed by atoms with E-state index >= 15 is 0 Å². The molecule has 1 rings (SSSR count). The molecule has 0 aliphatic heterocycles. The van der Waals surface area contributed by atoms with Gasteiger partial charge in [-0.3, -0.25) is 5.32 Å². The second kappa shape index (κ2) is 7.90. The van der Waals surface area contributed by atoms with Crippen LogP contribution in [0.4, 0.5) is 18.0 Å². The predicted molar refractivity (Wildman–Crippen MR) is 88.8 cm³/mol. The van der Waals surface area contributed by atoms with Gasteiger partial charge < -0.3 is 9.47 Å². The number of carbonyl (C=O) groups is 2. The molecule has 0 saturated carbocycles. The highest BCUT2D eigenvalue weighted by Crippen LogP contribution is 2.40. The smallest absolute Gasteiger partial charge is 0.426 e. The van der Waals surface area contributed by atoms with Crippen molar-refractivity contribution in [2.45, 2.75) is 37.4 Å². The van der Waals surface area contributed by atoms with Crippen molar-refractivity contribution < 1.29 is 32.2 Å². The number of hydrogen-bond acceptors (Lipinski definition) is 4. The molecule has 1 aromatic carbocycles. The van der Waals surface area contributed by atoms with E-state index in [4.69, 9.17) is 4.74 Å². The van der Waals surface area contributed by atoms with Gasteiger partial charge in [0.2, 0.25) is 0 Å². The average molecular weight is 377 g/mol. The average Bonchev–Trinajstić information content (AvgIpc) is 2.50. The molecule has 0 aliphatic rings. The van der Waals surface area contributed by atoms with Crippen LogP contribution >= 0.6 is 0 Å². The van der Waals surface area contributed by atoms with Crippen LogP contribution in [0, 0.1) is 0 Å². The van der Waals surface area contributed by atoms with Crippen LogP contribution in [0.2, 0.25) is 25.7 Å². The Morgan fingerprint density at radius 1 is 1.12 bits per heavy atom. The molecule has 1 atom stereocenters. The van der Waals surface area contributed by atoms with Crippen molar-refractivity contribution in [2.75, 3.05) is 13.7 Å². The van der Waals surface area contributed by atoms with E-state index in [1.807, 2.05) is 19.6 Å². The lowest BCUT2D eigenvalue weighted by molar-refractivity contribution is -0.213. The second-order valence-corrected chi connectivity index (χ2v) is 12.3. The van der Waals surface area contributed by atoms with Gasteiger partial charge in [0.15, 0.2) is 0 Å². The summed E-state index contributed by atoms with van der Waals surface area (Å²) < 4.78 is 50.6. The van der Waals surface area contributed by atoms with Gasteiger partial charge in [0.05, 0.1) is 13.7 Å². The highest BCUT2D eigenvalue weighted by atomic mass is 28.3. The summed E-state index contributed by atoms with van der Waals surface area (Å²) in [4.78, 5) is 24.0. The highest BCUT2D eigenvalue weighted by molar-refractivity contribution is 6.76. The minimum absolute atomic E-state index is 0.0224. The van der Waals surface area contributed by atoms with Crippen LogP contribution in [0.25, 0.3) is 0 Å².